The van der Waals surface area contributed by atoms with Crippen molar-refractivity contribution < 1.29 is 14.0 Å². The standard InChI is InChI=1S/C11H10FNO2/c1-2-11(14)8-15-13-7-9-3-5-10(12)6-4-9/h2-7H,1,8H2/b13-7+. The highest BCUT2D eigenvalue weighted by Gasteiger charge is 1.93. The second kappa shape index (κ2) is 5.70. The van der Waals surface area contributed by atoms with E-state index in [1.165, 1.54) is 18.3 Å². The van der Waals surface area contributed by atoms with E-state index in [1.807, 2.05) is 0 Å². The van der Waals surface area contributed by atoms with Gasteiger partial charge < -0.3 is 4.84 Å². The SMILES string of the molecule is C=CC(=O)CO/N=C/c1ccc(F)cc1. The van der Waals surface area contributed by atoms with Gasteiger partial charge >= 0.3 is 0 Å². The van der Waals surface area contributed by atoms with Crippen LogP contribution in [0.2, 0.25) is 0 Å². The molecular weight excluding hydrogens is 197 g/mol. The van der Waals surface area contributed by atoms with Crippen LogP contribution in [0.4, 0.5) is 4.39 Å². The van der Waals surface area contributed by atoms with Crippen LogP contribution in [0.1, 0.15) is 5.56 Å². The molecule has 4 heteroatoms. The van der Waals surface area contributed by atoms with Crippen LogP contribution < -0.4 is 0 Å². The number of rotatable bonds is 5. The minimum atomic E-state index is -0.310. The molecule has 0 bridgehead atoms. The third-order valence-corrected chi connectivity index (χ3v) is 1.58. The lowest BCUT2D eigenvalue weighted by atomic mass is 10.2. The molecule has 0 aromatic heterocycles. The Balaban J connectivity index is 2.41. The highest BCUT2D eigenvalue weighted by molar-refractivity contribution is 5.90. The molecule has 15 heavy (non-hydrogen) atoms. The number of hydrogen-bond donors (Lipinski definition) is 0. The van der Waals surface area contributed by atoms with Gasteiger partial charge in [0, 0.05) is 0 Å². The van der Waals surface area contributed by atoms with Gasteiger partial charge in [-0.3, -0.25) is 4.79 Å². The first-order chi connectivity index (χ1) is 7.22. The molecule has 0 amide bonds. The molecule has 0 radical (unpaired) electrons. The van der Waals surface area contributed by atoms with E-state index in [0.717, 1.165) is 6.08 Å². The molecular formula is C11H10FNO2. The highest BCUT2D eigenvalue weighted by Crippen LogP contribution is 1.99. The first-order valence-corrected chi connectivity index (χ1v) is 4.28. The van der Waals surface area contributed by atoms with Gasteiger partial charge in [0.25, 0.3) is 0 Å². The van der Waals surface area contributed by atoms with Crippen molar-refractivity contribution in [3.8, 4) is 0 Å². The average Bonchev–Trinajstić information content (AvgIpc) is 2.26. The Morgan fingerprint density at radius 1 is 1.47 bits per heavy atom. The monoisotopic (exact) mass is 207 g/mol. The molecule has 0 aliphatic rings. The minimum Gasteiger partial charge on any atom is -0.387 e. The van der Waals surface area contributed by atoms with E-state index in [0.29, 0.717) is 5.56 Å². The van der Waals surface area contributed by atoms with Gasteiger partial charge in [-0.15, -0.1) is 0 Å². The average molecular weight is 207 g/mol. The Labute approximate surface area is 86.9 Å². The van der Waals surface area contributed by atoms with Crippen LogP contribution in [0.25, 0.3) is 0 Å². The van der Waals surface area contributed by atoms with Gasteiger partial charge in [-0.25, -0.2) is 4.39 Å². The molecule has 0 saturated heterocycles. The molecule has 78 valence electrons. The Hall–Kier alpha value is -1.97. The summed E-state index contributed by atoms with van der Waals surface area (Å²) in [7, 11) is 0. The maximum atomic E-state index is 12.5. The summed E-state index contributed by atoms with van der Waals surface area (Å²) in [5.74, 6) is -0.554. The molecule has 0 N–H and O–H groups in total. The number of oxime groups is 1. The van der Waals surface area contributed by atoms with Crippen molar-refractivity contribution in [2.45, 2.75) is 0 Å². The maximum Gasteiger partial charge on any atom is 0.195 e. The largest absolute Gasteiger partial charge is 0.387 e. The molecule has 0 fully saturated rings. The molecule has 1 aromatic rings. The molecule has 0 atom stereocenters. The van der Waals surface area contributed by atoms with Gasteiger partial charge in [-0.2, -0.15) is 0 Å². The quantitative estimate of drug-likeness (QED) is 0.420. The van der Waals surface area contributed by atoms with Gasteiger partial charge in [0.15, 0.2) is 12.4 Å². The van der Waals surface area contributed by atoms with Crippen molar-refractivity contribution in [1.82, 2.24) is 0 Å². The zero-order valence-corrected chi connectivity index (χ0v) is 8.02. The van der Waals surface area contributed by atoms with Crippen molar-refractivity contribution in [3.05, 3.63) is 48.3 Å². The van der Waals surface area contributed by atoms with Crippen LogP contribution >= 0.6 is 0 Å². The highest BCUT2D eigenvalue weighted by atomic mass is 19.1. The van der Waals surface area contributed by atoms with E-state index in [4.69, 9.17) is 0 Å². The van der Waals surface area contributed by atoms with Gasteiger partial charge in [-0.05, 0) is 23.8 Å². The predicted molar refractivity (Wildman–Crippen MR) is 55.2 cm³/mol. The molecule has 0 unspecified atom stereocenters. The van der Waals surface area contributed by atoms with Gasteiger partial charge in [0.2, 0.25) is 0 Å². The van der Waals surface area contributed by atoms with Crippen LogP contribution in [0, 0.1) is 5.82 Å². The summed E-state index contributed by atoms with van der Waals surface area (Å²) >= 11 is 0. The lowest BCUT2D eigenvalue weighted by molar-refractivity contribution is -0.118. The summed E-state index contributed by atoms with van der Waals surface area (Å²) in [5, 5.41) is 3.54. The zero-order valence-electron chi connectivity index (χ0n) is 8.02. The molecule has 1 aromatic carbocycles. The van der Waals surface area contributed by atoms with E-state index in [1.54, 1.807) is 12.1 Å². The van der Waals surface area contributed by atoms with E-state index < -0.39 is 0 Å². The molecule has 0 aliphatic heterocycles. The third kappa shape index (κ3) is 4.17. The Morgan fingerprint density at radius 3 is 2.73 bits per heavy atom. The summed E-state index contributed by atoms with van der Waals surface area (Å²) in [5.41, 5.74) is 0.697. The molecule has 0 saturated carbocycles. The molecule has 3 nitrogen and oxygen atoms in total. The van der Waals surface area contributed by atoms with Crippen LogP contribution in [-0.4, -0.2) is 18.6 Å². The molecule has 0 heterocycles. The molecule has 0 spiro atoms. The number of halogens is 1. The minimum absolute atomic E-state index is 0.138. The summed E-state index contributed by atoms with van der Waals surface area (Å²) in [4.78, 5) is 15.4. The van der Waals surface area contributed by atoms with Gasteiger partial charge in [0.1, 0.15) is 5.82 Å². The third-order valence-electron chi connectivity index (χ3n) is 1.58. The summed E-state index contributed by atoms with van der Waals surface area (Å²) in [6, 6.07) is 5.74. The van der Waals surface area contributed by atoms with E-state index in [-0.39, 0.29) is 18.2 Å². The fourth-order valence-electron chi connectivity index (χ4n) is 0.807. The number of carbonyl (C=O) groups excluding carboxylic acids is 1. The summed E-state index contributed by atoms with van der Waals surface area (Å²) in [6.07, 6.45) is 2.56. The maximum absolute atomic E-state index is 12.5. The van der Waals surface area contributed by atoms with Crippen molar-refractivity contribution in [1.29, 1.82) is 0 Å². The van der Waals surface area contributed by atoms with Gasteiger partial charge in [0.05, 0.1) is 6.21 Å². The first-order valence-electron chi connectivity index (χ1n) is 4.28. The van der Waals surface area contributed by atoms with Crippen LogP contribution in [0.5, 0.6) is 0 Å². The number of benzene rings is 1. The van der Waals surface area contributed by atoms with Crippen molar-refractivity contribution >= 4 is 12.0 Å². The lowest BCUT2D eigenvalue weighted by Gasteiger charge is -1.94. The summed E-state index contributed by atoms with van der Waals surface area (Å²) < 4.78 is 12.5. The number of hydrogen-bond acceptors (Lipinski definition) is 3. The van der Waals surface area contributed by atoms with Crippen LogP contribution in [0.15, 0.2) is 42.1 Å². The molecule has 0 aliphatic carbocycles. The Kier molecular flexibility index (Phi) is 4.22. The number of ketones is 1. The Bertz CT molecular complexity index is 371. The normalized spacial score (nSPS) is 10.2. The van der Waals surface area contributed by atoms with E-state index in [9.17, 15) is 9.18 Å². The Morgan fingerprint density at radius 2 is 2.13 bits per heavy atom. The van der Waals surface area contributed by atoms with Crippen molar-refractivity contribution in [3.63, 3.8) is 0 Å². The first kappa shape index (κ1) is 11.1. The van der Waals surface area contributed by atoms with Crippen LogP contribution in [0.3, 0.4) is 0 Å². The predicted octanol–water partition coefficient (Wildman–Crippen LogP) is 1.93. The number of carbonyl (C=O) groups is 1. The van der Waals surface area contributed by atoms with Gasteiger partial charge in [-0.1, -0.05) is 23.9 Å². The van der Waals surface area contributed by atoms with E-state index >= 15 is 0 Å². The second-order valence-electron chi connectivity index (χ2n) is 2.73. The fraction of sp³-hybridized carbons (Fsp3) is 0.0909. The smallest absolute Gasteiger partial charge is 0.195 e. The number of nitrogens with zero attached hydrogens (tertiary/aromatic N) is 1. The fourth-order valence-corrected chi connectivity index (χ4v) is 0.807. The van der Waals surface area contributed by atoms with Crippen molar-refractivity contribution in [2.75, 3.05) is 6.61 Å². The van der Waals surface area contributed by atoms with Crippen LogP contribution in [-0.2, 0) is 9.63 Å². The zero-order chi connectivity index (χ0) is 11.1. The second-order valence-corrected chi connectivity index (χ2v) is 2.73. The van der Waals surface area contributed by atoms with Crippen molar-refractivity contribution in [2.24, 2.45) is 5.16 Å². The lowest BCUT2D eigenvalue weighted by Crippen LogP contribution is -2.01. The topological polar surface area (TPSA) is 38.7 Å². The summed E-state index contributed by atoms with van der Waals surface area (Å²) in [6.45, 7) is 3.15. The van der Waals surface area contributed by atoms with E-state index in [2.05, 4.69) is 16.6 Å². The molecule has 1 rings (SSSR count).